The van der Waals surface area contributed by atoms with Gasteiger partial charge in [-0.25, -0.2) is 4.98 Å². The molecule has 2 aromatic heterocycles. The van der Waals surface area contributed by atoms with E-state index in [1.807, 2.05) is 30.3 Å². The van der Waals surface area contributed by atoms with Gasteiger partial charge in [0.1, 0.15) is 19.6 Å². The van der Waals surface area contributed by atoms with Crippen LogP contribution in [0.4, 0.5) is 0 Å². The summed E-state index contributed by atoms with van der Waals surface area (Å²) in [6.07, 6.45) is 2.14. The zero-order valence-electron chi connectivity index (χ0n) is 27.2. The average Bonchev–Trinajstić information content (AvgIpc) is 3.59. The normalized spacial score (nSPS) is 19.8. The van der Waals surface area contributed by atoms with Crippen molar-refractivity contribution in [1.82, 2.24) is 29.4 Å². The predicted molar refractivity (Wildman–Crippen MR) is 162 cm³/mol. The van der Waals surface area contributed by atoms with Crippen molar-refractivity contribution in [1.29, 1.82) is 0 Å². The van der Waals surface area contributed by atoms with Gasteiger partial charge in [0.25, 0.3) is 5.91 Å². The number of hydrogen-bond donors (Lipinski definition) is 0. The monoisotopic (exact) mass is 553 g/mol. The molecule has 0 aliphatic carbocycles. The second-order valence-electron chi connectivity index (χ2n) is 12.1. The number of aromatic nitrogens is 5. The van der Waals surface area contributed by atoms with Crippen molar-refractivity contribution in [3.63, 3.8) is 0 Å². The van der Waals surface area contributed by atoms with Crippen molar-refractivity contribution < 1.29 is 8.91 Å². The Balaban J connectivity index is 1.62. The van der Waals surface area contributed by atoms with Crippen molar-refractivity contribution in [3.8, 4) is 22.7 Å². The summed E-state index contributed by atoms with van der Waals surface area (Å²) in [5, 5.41) is 8.70. The number of fused-ring (bicyclic) bond motifs is 9. The summed E-state index contributed by atoms with van der Waals surface area (Å²) in [7, 11) is -0.298. The lowest BCUT2D eigenvalue weighted by molar-refractivity contribution is 0.0734. The van der Waals surface area contributed by atoms with E-state index in [2.05, 4.69) is 67.8 Å². The molecule has 2 aliphatic heterocycles. The van der Waals surface area contributed by atoms with Gasteiger partial charge in [-0.1, -0.05) is 59.6 Å². The van der Waals surface area contributed by atoms with Gasteiger partial charge < -0.3 is 9.47 Å². The summed E-state index contributed by atoms with van der Waals surface area (Å²) in [4.78, 5) is 21.6. The first kappa shape index (κ1) is 23.0. The molecule has 0 radical (unpaired) electrons. The van der Waals surface area contributed by atoms with E-state index in [1.54, 1.807) is 19.3 Å². The van der Waals surface area contributed by atoms with Crippen molar-refractivity contribution in [2.24, 2.45) is 7.05 Å². The minimum Gasteiger partial charge on any atom is -0.331 e. The molecular formula is C32H38N6OSi. The maximum Gasteiger partial charge on any atom is 0.254 e. The standard InChI is InChI=1S/C32H38N6OSi/c1-19(2)40(20(3)4,21(5)6)15-14-22-10-9-11-24-30(22)28-17-29(36(7)32(24)39)31-34-25-13-12-23(16-27(25)38(28)31)26-18-33-37(8)35-26/h9-13,16,18-21,28-29H,17H2,1-8H3/t28-,29-/m1/s1/i7D3. The van der Waals surface area contributed by atoms with Crippen molar-refractivity contribution >= 4 is 25.0 Å². The Morgan fingerprint density at radius 1 is 1.05 bits per heavy atom. The third-order valence-electron chi connectivity index (χ3n) is 9.15. The Morgan fingerprint density at radius 2 is 1.80 bits per heavy atom. The van der Waals surface area contributed by atoms with Crippen LogP contribution in [0.2, 0.25) is 16.6 Å². The Bertz CT molecular complexity index is 1790. The molecule has 0 unspecified atom stereocenters. The van der Waals surface area contributed by atoms with E-state index in [0.717, 1.165) is 38.3 Å². The molecule has 8 heteroatoms. The third-order valence-corrected chi connectivity index (χ3v) is 15.4. The number of benzene rings is 2. The highest BCUT2D eigenvalue weighted by Crippen LogP contribution is 2.48. The fraction of sp³-hybridized carbons (Fsp3) is 0.438. The molecule has 2 atom stereocenters. The van der Waals surface area contributed by atoms with Crippen molar-refractivity contribution in [2.75, 3.05) is 6.98 Å². The number of carbonyl (C=O) groups is 1. The molecule has 0 N–H and O–H groups in total. The van der Waals surface area contributed by atoms with Gasteiger partial charge in [0.05, 0.1) is 29.3 Å². The molecule has 0 spiro atoms. The summed E-state index contributed by atoms with van der Waals surface area (Å²) >= 11 is 0. The van der Waals surface area contributed by atoms with E-state index in [9.17, 15) is 4.79 Å². The smallest absolute Gasteiger partial charge is 0.254 e. The molecule has 7 nitrogen and oxygen atoms in total. The maximum atomic E-state index is 14.1. The molecule has 40 heavy (non-hydrogen) atoms. The number of carbonyl (C=O) groups excluding carboxylic acids is 1. The highest BCUT2D eigenvalue weighted by atomic mass is 28.3. The van der Waals surface area contributed by atoms with Crippen LogP contribution in [0.15, 0.2) is 42.6 Å². The van der Waals surface area contributed by atoms with E-state index in [1.165, 1.54) is 4.80 Å². The highest BCUT2D eigenvalue weighted by molar-refractivity contribution is 6.90. The number of aryl methyl sites for hydroxylation is 1. The van der Waals surface area contributed by atoms with Crippen LogP contribution in [0, 0.1) is 11.5 Å². The Hall–Kier alpha value is -3.70. The average molecular weight is 554 g/mol. The summed E-state index contributed by atoms with van der Waals surface area (Å²) in [6.45, 7) is 11.1. The molecule has 0 saturated carbocycles. The van der Waals surface area contributed by atoms with Gasteiger partial charge in [0.15, 0.2) is 0 Å². The fourth-order valence-corrected chi connectivity index (χ4v) is 12.5. The number of rotatable bonds is 4. The van der Waals surface area contributed by atoms with Crippen LogP contribution in [0.25, 0.3) is 22.3 Å². The minimum atomic E-state index is -2.64. The second kappa shape index (κ2) is 9.45. The van der Waals surface area contributed by atoms with Gasteiger partial charge in [-0.2, -0.15) is 15.0 Å². The van der Waals surface area contributed by atoms with Gasteiger partial charge >= 0.3 is 0 Å². The van der Waals surface area contributed by atoms with Crippen LogP contribution in [0.5, 0.6) is 0 Å². The van der Waals surface area contributed by atoms with E-state index in [4.69, 9.17) is 9.10 Å². The van der Waals surface area contributed by atoms with E-state index in [-0.39, 0.29) is 6.04 Å². The van der Waals surface area contributed by atoms with Crippen LogP contribution in [0.1, 0.15) is 91.5 Å². The SMILES string of the molecule is [2H]C([2H])([2H])N1C(=O)c2cccc(C#C[Si](C(C)C)(C(C)C)C(C)C)c2[C@H]2C[C@@H]1c1nc3ccc(-c4cnn(C)n4)cc3n12. The number of amides is 1. The lowest BCUT2D eigenvalue weighted by Crippen LogP contribution is -2.43. The Morgan fingerprint density at radius 3 is 2.45 bits per heavy atom. The first-order valence-corrected chi connectivity index (χ1v) is 16.4. The molecular weight excluding hydrogens is 512 g/mol. The number of imidazole rings is 1. The summed E-state index contributed by atoms with van der Waals surface area (Å²) < 4.78 is 27.3. The molecule has 4 aromatic rings. The van der Waals surface area contributed by atoms with Crippen LogP contribution >= 0.6 is 0 Å². The predicted octanol–water partition coefficient (Wildman–Crippen LogP) is 6.52. The first-order valence-electron chi connectivity index (χ1n) is 15.6. The third kappa shape index (κ3) is 3.78. The van der Waals surface area contributed by atoms with Gasteiger partial charge in [0.2, 0.25) is 0 Å². The van der Waals surface area contributed by atoms with E-state index in [0.29, 0.717) is 34.4 Å². The lowest BCUT2D eigenvalue weighted by Gasteiger charge is -2.38. The van der Waals surface area contributed by atoms with Crippen LogP contribution < -0.4 is 0 Å². The van der Waals surface area contributed by atoms with Crippen molar-refractivity contribution in [3.05, 3.63) is 65.1 Å². The zero-order chi connectivity index (χ0) is 31.0. The summed E-state index contributed by atoms with van der Waals surface area (Å²) in [6, 6.07) is 10.5. The second-order valence-corrected chi connectivity index (χ2v) is 17.7. The van der Waals surface area contributed by atoms with Gasteiger partial charge in [-0.3, -0.25) is 4.79 Å². The molecule has 2 aromatic carbocycles. The molecule has 2 aliphatic rings. The molecule has 1 amide bonds. The van der Waals surface area contributed by atoms with Gasteiger partial charge in [-0.05, 0) is 40.9 Å². The van der Waals surface area contributed by atoms with E-state index < -0.39 is 27.0 Å². The first-order chi connectivity index (χ1) is 20.3. The molecule has 6 rings (SSSR count). The van der Waals surface area contributed by atoms with Crippen LogP contribution in [-0.4, -0.2) is 50.4 Å². The molecule has 0 fully saturated rings. The number of hydrogen-bond acceptors (Lipinski definition) is 4. The number of nitrogens with zero attached hydrogens (tertiary/aromatic N) is 6. The van der Waals surface area contributed by atoms with Gasteiger partial charge in [0, 0.05) is 46.8 Å². The summed E-state index contributed by atoms with van der Waals surface area (Å²) in [5.41, 5.74) is 10.4. The van der Waals surface area contributed by atoms with Crippen LogP contribution in [0.3, 0.4) is 0 Å². The largest absolute Gasteiger partial charge is 0.331 e. The highest BCUT2D eigenvalue weighted by Gasteiger charge is 2.45. The molecule has 206 valence electrons. The molecule has 2 bridgehead atoms. The van der Waals surface area contributed by atoms with Gasteiger partial charge in [-0.15, -0.1) is 5.54 Å². The zero-order valence-corrected chi connectivity index (χ0v) is 25.2. The van der Waals surface area contributed by atoms with Crippen molar-refractivity contribution in [2.45, 2.75) is 76.7 Å². The minimum absolute atomic E-state index is 0.299. The van der Waals surface area contributed by atoms with Crippen LogP contribution in [-0.2, 0) is 7.05 Å². The Labute approximate surface area is 241 Å². The van der Waals surface area contributed by atoms with E-state index >= 15 is 0 Å². The topological polar surface area (TPSA) is 68.8 Å². The molecule has 4 heterocycles. The lowest BCUT2D eigenvalue weighted by atomic mass is 9.93. The maximum absolute atomic E-state index is 14.1. The summed E-state index contributed by atoms with van der Waals surface area (Å²) in [5.74, 6) is 3.69. The fourth-order valence-electron chi connectivity index (χ4n) is 7.30. The molecule has 0 saturated heterocycles. The Kier molecular flexibility index (Phi) is 5.44. The quantitative estimate of drug-likeness (QED) is 0.213.